The molecule has 0 aromatic heterocycles. The maximum atomic E-state index is 13.2. The lowest BCUT2D eigenvalue weighted by Crippen LogP contribution is -2.54. The van der Waals surface area contributed by atoms with Crippen molar-refractivity contribution in [2.75, 3.05) is 23.5 Å². The zero-order valence-corrected chi connectivity index (χ0v) is 19.7. The summed E-state index contributed by atoms with van der Waals surface area (Å²) >= 11 is 6.33. The molecule has 0 unspecified atom stereocenters. The Kier molecular flexibility index (Phi) is 6.01. The van der Waals surface area contributed by atoms with E-state index in [9.17, 15) is 14.4 Å². The van der Waals surface area contributed by atoms with Crippen molar-refractivity contribution in [2.45, 2.75) is 13.0 Å². The maximum absolute atomic E-state index is 13.2. The standard InChI is InChI=1S/C27H22ClN3O4/c1-35-21-9-7-20(8-10-21)31-26(33)22(25(32)29-27(31)34)15-17-6-11-24-18(14-17)12-13-30(24)16-19-4-2-3-5-23(19)28/h2-11,14-15H,12-13,16H2,1H3,(H,29,32,34)/b22-15+. The van der Waals surface area contributed by atoms with Gasteiger partial charge in [-0.05, 0) is 71.7 Å². The van der Waals surface area contributed by atoms with Gasteiger partial charge in [0.2, 0.25) is 0 Å². The topological polar surface area (TPSA) is 79.0 Å². The molecular formula is C27H22ClN3O4. The number of nitrogens with zero attached hydrogens (tertiary/aromatic N) is 2. The molecule has 0 spiro atoms. The van der Waals surface area contributed by atoms with E-state index in [-0.39, 0.29) is 5.57 Å². The van der Waals surface area contributed by atoms with Gasteiger partial charge in [0, 0.05) is 23.8 Å². The van der Waals surface area contributed by atoms with Crippen molar-refractivity contribution in [3.05, 3.63) is 94.0 Å². The number of carbonyl (C=O) groups is 3. The lowest BCUT2D eigenvalue weighted by Gasteiger charge is -2.26. The molecule has 1 N–H and O–H groups in total. The van der Waals surface area contributed by atoms with E-state index in [1.165, 1.54) is 13.2 Å². The summed E-state index contributed by atoms with van der Waals surface area (Å²) in [5, 5.41) is 2.99. The number of barbiturate groups is 1. The van der Waals surface area contributed by atoms with Crippen LogP contribution in [0, 0.1) is 0 Å². The van der Waals surface area contributed by atoms with E-state index in [0.717, 1.165) is 39.7 Å². The van der Waals surface area contributed by atoms with Gasteiger partial charge in [-0.2, -0.15) is 0 Å². The zero-order valence-electron chi connectivity index (χ0n) is 19.0. The number of anilines is 2. The second-order valence-electron chi connectivity index (χ2n) is 8.31. The van der Waals surface area contributed by atoms with Crippen LogP contribution < -0.4 is 19.9 Å². The van der Waals surface area contributed by atoms with E-state index in [1.807, 2.05) is 42.5 Å². The van der Waals surface area contributed by atoms with Crippen molar-refractivity contribution < 1.29 is 19.1 Å². The lowest BCUT2D eigenvalue weighted by atomic mass is 10.0. The molecule has 8 heteroatoms. The summed E-state index contributed by atoms with van der Waals surface area (Å²) in [6.45, 7) is 1.55. The molecular weight excluding hydrogens is 466 g/mol. The number of carbonyl (C=O) groups excluding carboxylic acids is 3. The van der Waals surface area contributed by atoms with Gasteiger partial charge in [0.25, 0.3) is 11.8 Å². The van der Waals surface area contributed by atoms with Crippen LogP contribution in [0.15, 0.2) is 72.3 Å². The number of hydrogen-bond acceptors (Lipinski definition) is 5. The van der Waals surface area contributed by atoms with Gasteiger partial charge < -0.3 is 9.64 Å². The van der Waals surface area contributed by atoms with Crippen molar-refractivity contribution in [3.63, 3.8) is 0 Å². The summed E-state index contributed by atoms with van der Waals surface area (Å²) in [7, 11) is 1.53. The Hall–Kier alpha value is -4.10. The van der Waals surface area contributed by atoms with Crippen LogP contribution in [0.1, 0.15) is 16.7 Å². The van der Waals surface area contributed by atoms with Crippen LogP contribution in [0.5, 0.6) is 5.75 Å². The fourth-order valence-electron chi connectivity index (χ4n) is 4.37. The number of hydrogen-bond donors (Lipinski definition) is 1. The van der Waals surface area contributed by atoms with Crippen LogP contribution in [0.3, 0.4) is 0 Å². The number of halogens is 1. The molecule has 0 saturated carbocycles. The predicted octanol–water partition coefficient (Wildman–Crippen LogP) is 4.58. The molecule has 0 bridgehead atoms. The number of fused-ring (bicyclic) bond motifs is 1. The Morgan fingerprint density at radius 1 is 1.03 bits per heavy atom. The molecule has 4 amide bonds. The largest absolute Gasteiger partial charge is 0.497 e. The molecule has 0 radical (unpaired) electrons. The van der Waals surface area contributed by atoms with E-state index in [1.54, 1.807) is 24.3 Å². The Morgan fingerprint density at radius 3 is 2.54 bits per heavy atom. The Balaban J connectivity index is 1.40. The van der Waals surface area contributed by atoms with Crippen LogP contribution in [0.4, 0.5) is 16.2 Å². The van der Waals surface area contributed by atoms with Gasteiger partial charge >= 0.3 is 6.03 Å². The second kappa shape index (κ2) is 9.27. The fraction of sp³-hybridized carbons (Fsp3) is 0.148. The van der Waals surface area contributed by atoms with Gasteiger partial charge in [-0.25, -0.2) is 9.69 Å². The minimum Gasteiger partial charge on any atom is -0.497 e. The quantitative estimate of drug-likeness (QED) is 0.421. The average Bonchev–Trinajstić information content (AvgIpc) is 3.25. The van der Waals surface area contributed by atoms with Crippen LogP contribution in [0.2, 0.25) is 5.02 Å². The highest BCUT2D eigenvalue weighted by Crippen LogP contribution is 2.32. The first-order valence-electron chi connectivity index (χ1n) is 11.1. The number of imide groups is 2. The van der Waals surface area contributed by atoms with E-state index >= 15 is 0 Å². The van der Waals surface area contributed by atoms with Gasteiger partial charge in [0.05, 0.1) is 12.8 Å². The predicted molar refractivity (Wildman–Crippen MR) is 135 cm³/mol. The monoisotopic (exact) mass is 487 g/mol. The number of urea groups is 1. The Bertz CT molecular complexity index is 1370. The number of nitrogens with one attached hydrogen (secondary N) is 1. The third-order valence-electron chi connectivity index (χ3n) is 6.16. The Labute approximate surface area is 207 Å². The number of methoxy groups -OCH3 is 1. The first-order chi connectivity index (χ1) is 16.9. The van der Waals surface area contributed by atoms with Crippen molar-refractivity contribution in [1.82, 2.24) is 5.32 Å². The van der Waals surface area contributed by atoms with Crippen LogP contribution in [0.25, 0.3) is 6.08 Å². The normalized spacial score (nSPS) is 16.5. The van der Waals surface area contributed by atoms with E-state index in [4.69, 9.17) is 16.3 Å². The molecule has 176 valence electrons. The summed E-state index contributed by atoms with van der Waals surface area (Å²) in [5.41, 5.74) is 4.23. The SMILES string of the molecule is COc1ccc(N2C(=O)NC(=O)/C(=C\c3ccc4c(c3)CCN4Cc3ccccc3Cl)C2=O)cc1. The second-order valence-corrected chi connectivity index (χ2v) is 8.71. The molecule has 2 heterocycles. The highest BCUT2D eigenvalue weighted by atomic mass is 35.5. The third-order valence-corrected chi connectivity index (χ3v) is 6.53. The first-order valence-corrected chi connectivity index (χ1v) is 11.5. The third kappa shape index (κ3) is 4.38. The van der Waals surface area contributed by atoms with Gasteiger partial charge in [-0.1, -0.05) is 35.9 Å². The van der Waals surface area contributed by atoms with Gasteiger partial charge in [-0.15, -0.1) is 0 Å². The molecule has 0 aliphatic carbocycles. The van der Waals surface area contributed by atoms with Gasteiger partial charge in [0.15, 0.2) is 0 Å². The summed E-state index contributed by atoms with van der Waals surface area (Å²) in [5.74, 6) is -0.803. The number of ether oxygens (including phenoxy) is 1. The van der Waals surface area contributed by atoms with Crippen LogP contribution in [-0.2, 0) is 22.6 Å². The van der Waals surface area contributed by atoms with Crippen molar-refractivity contribution in [2.24, 2.45) is 0 Å². The molecule has 7 nitrogen and oxygen atoms in total. The van der Waals surface area contributed by atoms with Gasteiger partial charge in [-0.3, -0.25) is 14.9 Å². The number of amides is 4. The number of rotatable bonds is 5. The highest BCUT2D eigenvalue weighted by molar-refractivity contribution is 6.39. The van der Waals surface area contributed by atoms with Crippen molar-refractivity contribution in [1.29, 1.82) is 0 Å². The molecule has 5 rings (SSSR count). The fourth-order valence-corrected chi connectivity index (χ4v) is 4.56. The number of benzene rings is 3. The molecule has 2 aliphatic rings. The average molecular weight is 488 g/mol. The van der Waals surface area contributed by atoms with E-state index in [0.29, 0.717) is 23.5 Å². The molecule has 1 fully saturated rings. The summed E-state index contributed by atoms with van der Waals surface area (Å²) in [6, 6.07) is 19.3. The molecule has 3 aromatic carbocycles. The maximum Gasteiger partial charge on any atom is 0.335 e. The first kappa shape index (κ1) is 22.7. The smallest absolute Gasteiger partial charge is 0.335 e. The summed E-state index contributed by atoms with van der Waals surface area (Å²) in [4.78, 5) is 41.3. The van der Waals surface area contributed by atoms with Crippen molar-refractivity contribution in [3.8, 4) is 5.75 Å². The summed E-state index contributed by atoms with van der Waals surface area (Å²) in [6.07, 6.45) is 2.37. The molecule has 3 aromatic rings. The van der Waals surface area contributed by atoms with Crippen LogP contribution in [-0.4, -0.2) is 31.5 Å². The minimum atomic E-state index is -0.786. The summed E-state index contributed by atoms with van der Waals surface area (Å²) < 4.78 is 5.13. The van der Waals surface area contributed by atoms with E-state index in [2.05, 4.69) is 10.2 Å². The highest BCUT2D eigenvalue weighted by Gasteiger charge is 2.37. The van der Waals surface area contributed by atoms with Crippen LogP contribution >= 0.6 is 11.6 Å². The molecule has 1 saturated heterocycles. The molecule has 0 atom stereocenters. The van der Waals surface area contributed by atoms with Crippen molar-refractivity contribution >= 4 is 46.9 Å². The van der Waals surface area contributed by atoms with Gasteiger partial charge in [0.1, 0.15) is 11.3 Å². The Morgan fingerprint density at radius 2 is 1.80 bits per heavy atom. The zero-order chi connectivity index (χ0) is 24.5. The minimum absolute atomic E-state index is 0.105. The van der Waals surface area contributed by atoms with E-state index < -0.39 is 17.8 Å². The molecule has 2 aliphatic heterocycles. The lowest BCUT2D eigenvalue weighted by molar-refractivity contribution is -0.122. The molecule has 35 heavy (non-hydrogen) atoms.